The van der Waals surface area contributed by atoms with Crippen molar-refractivity contribution in [3.8, 4) is 5.75 Å². The number of aryl methyl sites for hydroxylation is 2. The number of rotatable bonds is 8. The number of aliphatic hydroxyl groups excluding tert-OH is 1. The monoisotopic (exact) mass is 685 g/mol. The molecule has 262 valence electrons. The number of anilines is 2. The summed E-state index contributed by atoms with van der Waals surface area (Å²) in [4.78, 5) is 29.0. The van der Waals surface area contributed by atoms with Gasteiger partial charge in [-0.05, 0) is 77.3 Å². The van der Waals surface area contributed by atoms with Crippen molar-refractivity contribution in [2.45, 2.75) is 77.0 Å². The molecule has 3 aromatic rings. The molecule has 13 nitrogen and oxygen atoms in total. The zero-order valence-electron chi connectivity index (χ0n) is 28.4. The molecule has 0 unspecified atom stereocenters. The minimum atomic E-state index is -3.78. The molecule has 0 spiro atoms. The lowest BCUT2D eigenvalue weighted by molar-refractivity contribution is -0.00833. The number of benzene rings is 2. The van der Waals surface area contributed by atoms with Gasteiger partial charge in [0.15, 0.2) is 5.76 Å². The maximum Gasteiger partial charge on any atom is 0.323 e. The molecule has 0 radical (unpaired) electrons. The number of aromatic nitrogens is 1. The summed E-state index contributed by atoms with van der Waals surface area (Å²) < 4.78 is 45.7. The molecule has 3 amide bonds. The zero-order chi connectivity index (χ0) is 35.0. The maximum absolute atomic E-state index is 14.4. The van der Waals surface area contributed by atoms with Gasteiger partial charge in [-0.2, -0.15) is 4.31 Å². The Labute approximate surface area is 282 Å². The second-order valence-corrected chi connectivity index (χ2v) is 14.4. The summed E-state index contributed by atoms with van der Waals surface area (Å²) in [6.07, 6.45) is 1.43. The molecule has 1 aliphatic heterocycles. The standard InChI is InChI=1S/C34H47N5O8S/c1-22-19-39(23(2)21-40)33(41)29-18-27(35-34(42)36-32-25(4)37-47-26(32)5)15-16-30(29)46-24(3)12-10-11-17-45-31(22)20-38(6)48(43,44)28-13-8-7-9-14-28/h7-9,13-16,18,22-24,31,40H,10-12,17,19-21H2,1-6H3,(H2,35,36,42)/t22-,23+,24-,31-/m0/s1. The van der Waals surface area contributed by atoms with Gasteiger partial charge in [0.25, 0.3) is 5.91 Å². The highest BCUT2D eigenvalue weighted by Crippen LogP contribution is 2.29. The van der Waals surface area contributed by atoms with Crippen LogP contribution in [-0.4, -0.2) is 91.4 Å². The number of fused-ring (bicyclic) bond motifs is 1. The van der Waals surface area contributed by atoms with Crippen LogP contribution in [0.25, 0.3) is 0 Å². The average molecular weight is 686 g/mol. The number of sulfonamides is 1. The molecule has 4 atom stereocenters. The molecule has 14 heteroatoms. The van der Waals surface area contributed by atoms with Gasteiger partial charge in [-0.15, -0.1) is 0 Å². The first-order chi connectivity index (χ1) is 22.8. The van der Waals surface area contributed by atoms with E-state index in [9.17, 15) is 23.1 Å². The largest absolute Gasteiger partial charge is 0.490 e. The van der Waals surface area contributed by atoms with Crippen molar-refractivity contribution in [2.24, 2.45) is 5.92 Å². The summed E-state index contributed by atoms with van der Waals surface area (Å²) in [6.45, 7) is 9.28. The highest BCUT2D eigenvalue weighted by molar-refractivity contribution is 7.89. The summed E-state index contributed by atoms with van der Waals surface area (Å²) in [5.74, 6) is 0.0648. The highest BCUT2D eigenvalue weighted by Gasteiger charge is 2.32. The summed E-state index contributed by atoms with van der Waals surface area (Å²) in [6, 6.07) is 11.9. The first kappa shape index (κ1) is 36.8. The summed E-state index contributed by atoms with van der Waals surface area (Å²) in [7, 11) is -2.26. The number of aliphatic hydroxyl groups is 1. The minimum absolute atomic E-state index is 0.0678. The number of carbonyl (C=O) groups excluding carboxylic acids is 2. The van der Waals surface area contributed by atoms with Gasteiger partial charge in [0.05, 0.1) is 35.3 Å². The number of carbonyl (C=O) groups is 2. The maximum atomic E-state index is 14.4. The molecule has 0 bridgehead atoms. The smallest absolute Gasteiger partial charge is 0.323 e. The Hall–Kier alpha value is -3.98. The quantitative estimate of drug-likeness (QED) is 0.294. The molecule has 3 N–H and O–H groups in total. The lowest BCUT2D eigenvalue weighted by atomic mass is 10.0. The number of hydrogen-bond donors (Lipinski definition) is 3. The Balaban J connectivity index is 1.63. The third kappa shape index (κ3) is 9.13. The van der Waals surface area contributed by atoms with Gasteiger partial charge in [-0.25, -0.2) is 13.2 Å². The second kappa shape index (κ2) is 16.4. The van der Waals surface area contributed by atoms with Crippen molar-refractivity contribution in [1.29, 1.82) is 0 Å². The Morgan fingerprint density at radius 1 is 1.12 bits per heavy atom. The first-order valence-electron chi connectivity index (χ1n) is 16.2. The lowest BCUT2D eigenvalue weighted by Crippen LogP contribution is -2.48. The fraction of sp³-hybridized carbons (Fsp3) is 0.500. The van der Waals surface area contributed by atoms with Crippen LogP contribution < -0.4 is 15.4 Å². The molecule has 4 rings (SSSR count). The van der Waals surface area contributed by atoms with Gasteiger partial charge in [-0.1, -0.05) is 30.3 Å². The average Bonchev–Trinajstić information content (AvgIpc) is 3.38. The lowest BCUT2D eigenvalue weighted by Gasteiger charge is -2.35. The van der Waals surface area contributed by atoms with Gasteiger partial charge < -0.3 is 34.6 Å². The number of amides is 3. The van der Waals surface area contributed by atoms with Gasteiger partial charge >= 0.3 is 6.03 Å². The fourth-order valence-corrected chi connectivity index (χ4v) is 6.73. The number of nitrogens with zero attached hydrogens (tertiary/aromatic N) is 3. The fourth-order valence-electron chi connectivity index (χ4n) is 5.52. The third-order valence-electron chi connectivity index (χ3n) is 8.47. The molecule has 48 heavy (non-hydrogen) atoms. The Morgan fingerprint density at radius 3 is 2.52 bits per heavy atom. The Kier molecular flexibility index (Phi) is 12.6. The van der Waals surface area contributed by atoms with Crippen molar-refractivity contribution >= 4 is 33.3 Å². The number of ether oxygens (including phenoxy) is 2. The molecule has 1 aliphatic rings. The molecule has 0 saturated carbocycles. The number of likely N-dealkylation sites (N-methyl/N-ethyl adjacent to an activating group) is 1. The highest BCUT2D eigenvalue weighted by atomic mass is 32.2. The molecular formula is C34H47N5O8S. The van der Waals surface area contributed by atoms with Crippen LogP contribution in [-0.2, 0) is 14.8 Å². The van der Waals surface area contributed by atoms with Gasteiger partial charge in [0.1, 0.15) is 17.1 Å². The van der Waals surface area contributed by atoms with Crippen LogP contribution in [0.15, 0.2) is 57.9 Å². The Bertz CT molecular complexity index is 1630. The third-order valence-corrected chi connectivity index (χ3v) is 10.3. The van der Waals surface area contributed by atoms with E-state index in [0.717, 1.165) is 12.8 Å². The zero-order valence-corrected chi connectivity index (χ0v) is 29.2. The minimum Gasteiger partial charge on any atom is -0.490 e. The predicted molar refractivity (Wildman–Crippen MR) is 182 cm³/mol. The van der Waals surface area contributed by atoms with Crippen LogP contribution >= 0.6 is 0 Å². The predicted octanol–water partition coefficient (Wildman–Crippen LogP) is 5.05. The molecule has 0 fully saturated rings. The topological polar surface area (TPSA) is 164 Å². The second-order valence-electron chi connectivity index (χ2n) is 12.4. The molecule has 1 aromatic heterocycles. The molecule has 2 heterocycles. The van der Waals surface area contributed by atoms with Crippen molar-refractivity contribution in [1.82, 2.24) is 14.4 Å². The summed E-state index contributed by atoms with van der Waals surface area (Å²) >= 11 is 0. The van der Waals surface area contributed by atoms with Crippen molar-refractivity contribution in [2.75, 3.05) is 44.0 Å². The first-order valence-corrected chi connectivity index (χ1v) is 17.6. The van der Waals surface area contributed by atoms with Crippen molar-refractivity contribution in [3.63, 3.8) is 0 Å². The van der Waals surface area contributed by atoms with Gasteiger partial charge in [0.2, 0.25) is 10.0 Å². The van der Waals surface area contributed by atoms with E-state index in [0.29, 0.717) is 41.6 Å². The van der Waals surface area contributed by atoms with E-state index in [1.54, 1.807) is 74.2 Å². The number of hydrogen-bond acceptors (Lipinski definition) is 9. The van der Waals surface area contributed by atoms with E-state index < -0.39 is 34.1 Å². The van der Waals surface area contributed by atoms with E-state index in [-0.39, 0.29) is 42.2 Å². The number of urea groups is 1. The Morgan fingerprint density at radius 2 is 1.85 bits per heavy atom. The van der Waals surface area contributed by atoms with E-state index in [4.69, 9.17) is 14.0 Å². The van der Waals surface area contributed by atoms with Crippen LogP contribution in [0.3, 0.4) is 0 Å². The molecule has 0 saturated heterocycles. The van der Waals surface area contributed by atoms with Crippen LogP contribution in [0.2, 0.25) is 0 Å². The molecule has 2 aromatic carbocycles. The van der Waals surface area contributed by atoms with E-state index in [1.807, 2.05) is 13.8 Å². The van der Waals surface area contributed by atoms with Crippen LogP contribution in [0.5, 0.6) is 5.75 Å². The normalized spacial score (nSPS) is 20.4. The van der Waals surface area contributed by atoms with Crippen molar-refractivity contribution in [3.05, 3.63) is 65.5 Å². The molecule has 0 aliphatic carbocycles. The summed E-state index contributed by atoms with van der Waals surface area (Å²) in [5.41, 5.74) is 1.54. The van der Waals surface area contributed by atoms with E-state index in [2.05, 4.69) is 15.8 Å². The van der Waals surface area contributed by atoms with Crippen LogP contribution in [0.4, 0.5) is 16.2 Å². The van der Waals surface area contributed by atoms with E-state index in [1.165, 1.54) is 11.4 Å². The van der Waals surface area contributed by atoms with Gasteiger partial charge in [-0.3, -0.25) is 4.79 Å². The summed E-state index contributed by atoms with van der Waals surface area (Å²) in [5, 5.41) is 19.6. The van der Waals surface area contributed by atoms with Gasteiger partial charge in [0, 0.05) is 38.3 Å². The van der Waals surface area contributed by atoms with Crippen molar-refractivity contribution < 1.29 is 37.1 Å². The van der Waals surface area contributed by atoms with E-state index >= 15 is 0 Å². The number of nitrogens with one attached hydrogen (secondary N) is 2. The van der Waals surface area contributed by atoms with Crippen LogP contribution in [0, 0.1) is 19.8 Å². The molecular weight excluding hydrogens is 638 g/mol. The van der Waals surface area contributed by atoms with Crippen LogP contribution in [0.1, 0.15) is 61.8 Å². The SMILES string of the molecule is Cc1noc(C)c1NC(=O)Nc1ccc2c(c1)C(=O)N([C@H](C)CO)C[C@H](C)[C@H](CN(C)S(=O)(=O)c1ccccc1)OCCCC[C@H](C)O2.